The van der Waals surface area contributed by atoms with Crippen LogP contribution in [0.2, 0.25) is 0 Å². The molecule has 0 saturated carbocycles. The van der Waals surface area contributed by atoms with E-state index in [1.807, 2.05) is 37.3 Å². The predicted molar refractivity (Wildman–Crippen MR) is 111 cm³/mol. The van der Waals surface area contributed by atoms with Crippen LogP contribution in [-0.2, 0) is 21.2 Å². The van der Waals surface area contributed by atoms with E-state index in [9.17, 15) is 8.42 Å². The standard InChI is InChI=1S/C23H24O5S/c1-2-26-16-17-27-20-8-12-22(13-9-20)29(24,25)23-14-10-21(11-15-23)28-18-19-6-4-3-5-7-19/h3-15H,2,16-18H2,1H3. The lowest BCUT2D eigenvalue weighted by Gasteiger charge is -2.09. The largest absolute Gasteiger partial charge is 0.491 e. The lowest BCUT2D eigenvalue weighted by Crippen LogP contribution is -2.06. The molecule has 0 aliphatic rings. The van der Waals surface area contributed by atoms with E-state index in [0.717, 1.165) is 5.56 Å². The minimum absolute atomic E-state index is 0.215. The summed E-state index contributed by atoms with van der Waals surface area (Å²) >= 11 is 0. The minimum atomic E-state index is -3.60. The monoisotopic (exact) mass is 412 g/mol. The van der Waals surface area contributed by atoms with Gasteiger partial charge in [-0.05, 0) is 61.0 Å². The molecule has 0 fully saturated rings. The quantitative estimate of drug-likeness (QED) is 0.459. The van der Waals surface area contributed by atoms with E-state index >= 15 is 0 Å². The summed E-state index contributed by atoms with van der Waals surface area (Å²) in [6.45, 7) is 3.90. The first-order valence-corrected chi connectivity index (χ1v) is 10.9. The molecule has 0 N–H and O–H groups in total. The third kappa shape index (κ3) is 5.82. The van der Waals surface area contributed by atoms with Gasteiger partial charge < -0.3 is 14.2 Å². The van der Waals surface area contributed by atoms with Crippen LogP contribution in [0.25, 0.3) is 0 Å². The van der Waals surface area contributed by atoms with Gasteiger partial charge in [-0.3, -0.25) is 0 Å². The van der Waals surface area contributed by atoms with Crippen molar-refractivity contribution in [2.75, 3.05) is 19.8 Å². The van der Waals surface area contributed by atoms with Gasteiger partial charge >= 0.3 is 0 Å². The molecule has 152 valence electrons. The van der Waals surface area contributed by atoms with Crippen LogP contribution in [0.15, 0.2) is 88.7 Å². The van der Waals surface area contributed by atoms with Crippen molar-refractivity contribution >= 4 is 9.84 Å². The molecule has 0 spiro atoms. The van der Waals surface area contributed by atoms with E-state index in [2.05, 4.69) is 0 Å². The second-order valence-corrected chi connectivity index (χ2v) is 8.22. The topological polar surface area (TPSA) is 61.8 Å². The summed E-state index contributed by atoms with van der Waals surface area (Å²) < 4.78 is 42.1. The average molecular weight is 413 g/mol. The van der Waals surface area contributed by atoms with E-state index in [1.165, 1.54) is 0 Å². The normalized spacial score (nSPS) is 11.2. The molecule has 29 heavy (non-hydrogen) atoms. The number of rotatable bonds is 10. The zero-order valence-corrected chi connectivity index (χ0v) is 17.1. The Hall–Kier alpha value is -2.83. The van der Waals surface area contributed by atoms with E-state index < -0.39 is 9.84 Å². The van der Waals surface area contributed by atoms with Gasteiger partial charge in [0.25, 0.3) is 0 Å². The number of hydrogen-bond donors (Lipinski definition) is 0. The molecule has 3 rings (SSSR count). The number of benzene rings is 3. The Morgan fingerprint density at radius 3 is 1.79 bits per heavy atom. The summed E-state index contributed by atoms with van der Waals surface area (Å²) in [4.78, 5) is 0.433. The van der Waals surface area contributed by atoms with Gasteiger partial charge in [-0.2, -0.15) is 0 Å². The molecule has 0 aliphatic heterocycles. The van der Waals surface area contributed by atoms with Gasteiger partial charge in [-0.25, -0.2) is 8.42 Å². The molecule has 6 heteroatoms. The second-order valence-electron chi connectivity index (χ2n) is 6.27. The third-order valence-electron chi connectivity index (χ3n) is 4.22. The highest BCUT2D eigenvalue weighted by atomic mass is 32.2. The van der Waals surface area contributed by atoms with Crippen LogP contribution in [-0.4, -0.2) is 28.2 Å². The van der Waals surface area contributed by atoms with Gasteiger partial charge in [0, 0.05) is 6.61 Å². The van der Waals surface area contributed by atoms with E-state index in [-0.39, 0.29) is 9.79 Å². The van der Waals surface area contributed by atoms with Crippen LogP contribution >= 0.6 is 0 Å². The SMILES string of the molecule is CCOCCOc1ccc(S(=O)(=O)c2ccc(OCc3ccccc3)cc2)cc1. The Labute approximate surface area is 171 Å². The van der Waals surface area contributed by atoms with Crippen molar-refractivity contribution < 1.29 is 22.6 Å². The molecule has 5 nitrogen and oxygen atoms in total. The van der Waals surface area contributed by atoms with Crippen molar-refractivity contribution in [3.05, 3.63) is 84.4 Å². The van der Waals surface area contributed by atoms with Crippen LogP contribution < -0.4 is 9.47 Å². The molecule has 0 aromatic heterocycles. The predicted octanol–water partition coefficient (Wildman–Crippen LogP) is 4.51. The van der Waals surface area contributed by atoms with Gasteiger partial charge in [-0.1, -0.05) is 30.3 Å². The fourth-order valence-corrected chi connectivity index (χ4v) is 3.93. The first-order valence-electron chi connectivity index (χ1n) is 9.42. The summed E-state index contributed by atoms with van der Waals surface area (Å²) in [6.07, 6.45) is 0. The Morgan fingerprint density at radius 1 is 0.690 bits per heavy atom. The molecule has 0 aliphatic carbocycles. The number of hydrogen-bond acceptors (Lipinski definition) is 5. The smallest absolute Gasteiger partial charge is 0.206 e. The Morgan fingerprint density at radius 2 is 1.24 bits per heavy atom. The summed E-state index contributed by atoms with van der Waals surface area (Å²) in [5.41, 5.74) is 1.05. The fraction of sp³-hybridized carbons (Fsp3) is 0.217. The van der Waals surface area contributed by atoms with E-state index in [0.29, 0.717) is 37.9 Å². The van der Waals surface area contributed by atoms with E-state index in [4.69, 9.17) is 14.2 Å². The van der Waals surface area contributed by atoms with Crippen molar-refractivity contribution in [1.82, 2.24) is 0 Å². The summed E-state index contributed by atoms with van der Waals surface area (Å²) in [5, 5.41) is 0. The minimum Gasteiger partial charge on any atom is -0.491 e. The molecular formula is C23H24O5S. The lowest BCUT2D eigenvalue weighted by atomic mass is 10.2. The molecule has 0 radical (unpaired) electrons. The maximum absolute atomic E-state index is 12.8. The first-order chi connectivity index (χ1) is 14.1. The number of sulfone groups is 1. The Balaban J connectivity index is 1.62. The zero-order chi connectivity index (χ0) is 20.5. The molecule has 0 heterocycles. The van der Waals surface area contributed by atoms with Gasteiger partial charge in [0.1, 0.15) is 24.7 Å². The summed E-state index contributed by atoms with van der Waals surface area (Å²) in [5.74, 6) is 1.22. The molecule has 0 saturated heterocycles. The molecule has 0 atom stereocenters. The maximum Gasteiger partial charge on any atom is 0.206 e. The molecule has 3 aromatic rings. The molecule has 0 bridgehead atoms. The maximum atomic E-state index is 12.8. The van der Waals surface area contributed by atoms with E-state index in [1.54, 1.807) is 48.5 Å². The molecular weight excluding hydrogens is 388 g/mol. The highest BCUT2D eigenvalue weighted by Crippen LogP contribution is 2.25. The van der Waals surface area contributed by atoms with Crippen molar-refractivity contribution in [3.8, 4) is 11.5 Å². The van der Waals surface area contributed by atoms with Crippen molar-refractivity contribution in [3.63, 3.8) is 0 Å². The zero-order valence-electron chi connectivity index (χ0n) is 16.3. The van der Waals surface area contributed by atoms with Crippen LogP contribution in [0.3, 0.4) is 0 Å². The average Bonchev–Trinajstić information content (AvgIpc) is 2.77. The van der Waals surface area contributed by atoms with Crippen LogP contribution in [0.4, 0.5) is 0 Å². The summed E-state index contributed by atoms with van der Waals surface area (Å²) in [6, 6.07) is 22.6. The molecule has 0 unspecified atom stereocenters. The van der Waals surface area contributed by atoms with Gasteiger partial charge in [0.15, 0.2) is 0 Å². The number of ether oxygens (including phenoxy) is 3. The summed E-state index contributed by atoms with van der Waals surface area (Å²) in [7, 11) is -3.60. The second kappa shape index (κ2) is 10.1. The first kappa shape index (κ1) is 20.9. The van der Waals surface area contributed by atoms with Crippen LogP contribution in [0.1, 0.15) is 12.5 Å². The highest BCUT2D eigenvalue weighted by Gasteiger charge is 2.17. The van der Waals surface area contributed by atoms with Gasteiger partial charge in [0.05, 0.1) is 16.4 Å². The van der Waals surface area contributed by atoms with Crippen molar-refractivity contribution in [2.24, 2.45) is 0 Å². The molecule has 0 amide bonds. The highest BCUT2D eigenvalue weighted by molar-refractivity contribution is 7.91. The van der Waals surface area contributed by atoms with Gasteiger partial charge in [0.2, 0.25) is 9.84 Å². The van der Waals surface area contributed by atoms with Crippen LogP contribution in [0, 0.1) is 0 Å². The third-order valence-corrected chi connectivity index (χ3v) is 6.00. The Bertz CT molecular complexity index is 982. The lowest BCUT2D eigenvalue weighted by molar-refractivity contribution is 0.110. The Kier molecular flexibility index (Phi) is 7.27. The molecule has 3 aromatic carbocycles. The van der Waals surface area contributed by atoms with Gasteiger partial charge in [-0.15, -0.1) is 0 Å². The van der Waals surface area contributed by atoms with Crippen LogP contribution in [0.5, 0.6) is 11.5 Å². The van der Waals surface area contributed by atoms with Crippen molar-refractivity contribution in [1.29, 1.82) is 0 Å². The fourth-order valence-electron chi connectivity index (χ4n) is 2.67. The van der Waals surface area contributed by atoms with Crippen molar-refractivity contribution in [2.45, 2.75) is 23.3 Å².